The van der Waals surface area contributed by atoms with Crippen molar-refractivity contribution in [3.05, 3.63) is 34.7 Å². The smallest absolute Gasteiger partial charge is 0.120 e. The van der Waals surface area contributed by atoms with E-state index in [-0.39, 0.29) is 0 Å². The number of carbonyl (C=O) groups excluding carboxylic acids is 1. The Balaban J connectivity index is 2.81. The third-order valence-electron chi connectivity index (χ3n) is 1.62. The molecule has 0 radical (unpaired) electrons. The number of rotatable bonds is 4. The molecular weight excluding hydrogens is 154 g/mol. The topological polar surface area (TPSA) is 46.5 Å². The summed E-state index contributed by atoms with van der Waals surface area (Å²) in [6.45, 7) is 0. The molecule has 3 nitrogen and oxygen atoms in total. The fourth-order valence-corrected chi connectivity index (χ4v) is 1.03. The number of nitrogens with zero attached hydrogens (tertiary/aromatic N) is 1. The van der Waals surface area contributed by atoms with Gasteiger partial charge in [0.2, 0.25) is 0 Å². The molecule has 0 aliphatic carbocycles. The van der Waals surface area contributed by atoms with Crippen molar-refractivity contribution in [2.24, 2.45) is 5.18 Å². The van der Waals surface area contributed by atoms with Gasteiger partial charge in [0.25, 0.3) is 0 Å². The standard InChI is InChI=1S/C9H9NO2/c11-7-3-5-8-4-1-2-6-9(8)10-12/h1-2,4,6-7H,3,5H2. The Morgan fingerprint density at radius 2 is 2.08 bits per heavy atom. The Kier molecular flexibility index (Phi) is 3.14. The highest BCUT2D eigenvalue weighted by molar-refractivity contribution is 5.52. The van der Waals surface area contributed by atoms with Gasteiger partial charge in [-0.1, -0.05) is 18.2 Å². The van der Waals surface area contributed by atoms with Crippen LogP contribution in [0.2, 0.25) is 0 Å². The van der Waals surface area contributed by atoms with Gasteiger partial charge in [-0.15, -0.1) is 4.91 Å². The largest absolute Gasteiger partial charge is 0.303 e. The van der Waals surface area contributed by atoms with Gasteiger partial charge in [0.1, 0.15) is 12.0 Å². The van der Waals surface area contributed by atoms with Crippen molar-refractivity contribution < 1.29 is 4.79 Å². The van der Waals surface area contributed by atoms with E-state index in [0.29, 0.717) is 18.5 Å². The first kappa shape index (κ1) is 8.59. The monoisotopic (exact) mass is 163 g/mol. The Morgan fingerprint density at radius 3 is 2.75 bits per heavy atom. The van der Waals surface area contributed by atoms with Gasteiger partial charge in [0, 0.05) is 6.42 Å². The zero-order valence-corrected chi connectivity index (χ0v) is 6.56. The Hall–Kier alpha value is -1.51. The number of hydrogen-bond donors (Lipinski definition) is 0. The fraction of sp³-hybridized carbons (Fsp3) is 0.222. The van der Waals surface area contributed by atoms with Crippen LogP contribution in [0.4, 0.5) is 5.69 Å². The van der Waals surface area contributed by atoms with E-state index in [4.69, 9.17) is 0 Å². The lowest BCUT2D eigenvalue weighted by molar-refractivity contribution is -0.107. The maximum atomic E-state index is 10.3. The molecule has 0 heterocycles. The Morgan fingerprint density at radius 1 is 1.33 bits per heavy atom. The van der Waals surface area contributed by atoms with Gasteiger partial charge < -0.3 is 4.79 Å². The molecule has 12 heavy (non-hydrogen) atoms. The number of benzene rings is 1. The number of aldehydes is 1. The second kappa shape index (κ2) is 4.38. The van der Waals surface area contributed by atoms with Crippen molar-refractivity contribution in [1.29, 1.82) is 0 Å². The van der Waals surface area contributed by atoms with Crippen LogP contribution in [-0.4, -0.2) is 6.29 Å². The summed E-state index contributed by atoms with van der Waals surface area (Å²) in [5, 5.41) is 2.86. The summed E-state index contributed by atoms with van der Waals surface area (Å²) < 4.78 is 0. The van der Waals surface area contributed by atoms with Gasteiger partial charge in [-0.2, -0.15) is 0 Å². The average Bonchev–Trinajstić information content (AvgIpc) is 2.15. The minimum Gasteiger partial charge on any atom is -0.303 e. The Bertz CT molecular complexity index is 284. The summed E-state index contributed by atoms with van der Waals surface area (Å²) in [6, 6.07) is 7.03. The molecule has 0 saturated carbocycles. The van der Waals surface area contributed by atoms with Gasteiger partial charge >= 0.3 is 0 Å². The van der Waals surface area contributed by atoms with Crippen LogP contribution in [0.5, 0.6) is 0 Å². The molecule has 0 unspecified atom stereocenters. The van der Waals surface area contributed by atoms with E-state index in [2.05, 4.69) is 5.18 Å². The number of hydrogen-bond acceptors (Lipinski definition) is 3. The van der Waals surface area contributed by atoms with Crippen LogP contribution < -0.4 is 0 Å². The van der Waals surface area contributed by atoms with Gasteiger partial charge in [-0.05, 0) is 23.2 Å². The third-order valence-corrected chi connectivity index (χ3v) is 1.62. The summed E-state index contributed by atoms with van der Waals surface area (Å²) in [4.78, 5) is 20.3. The molecule has 0 bridgehead atoms. The summed E-state index contributed by atoms with van der Waals surface area (Å²) >= 11 is 0. The fourth-order valence-electron chi connectivity index (χ4n) is 1.03. The van der Waals surface area contributed by atoms with Crippen molar-refractivity contribution >= 4 is 12.0 Å². The SMILES string of the molecule is O=CCCc1ccccc1N=O. The molecule has 62 valence electrons. The van der Waals surface area contributed by atoms with Gasteiger partial charge in [0.15, 0.2) is 0 Å². The van der Waals surface area contributed by atoms with Crippen LogP contribution in [0.3, 0.4) is 0 Å². The van der Waals surface area contributed by atoms with E-state index in [9.17, 15) is 9.70 Å². The van der Waals surface area contributed by atoms with Crippen molar-refractivity contribution in [3.63, 3.8) is 0 Å². The van der Waals surface area contributed by atoms with Crippen LogP contribution in [0.25, 0.3) is 0 Å². The van der Waals surface area contributed by atoms with Crippen LogP contribution >= 0.6 is 0 Å². The molecule has 1 aromatic carbocycles. The zero-order chi connectivity index (χ0) is 8.81. The number of carbonyl (C=O) groups is 1. The molecule has 0 spiro atoms. The summed E-state index contributed by atoms with van der Waals surface area (Å²) in [7, 11) is 0. The normalized spacial score (nSPS) is 9.33. The lowest BCUT2D eigenvalue weighted by Gasteiger charge is -1.98. The van der Waals surface area contributed by atoms with E-state index in [0.717, 1.165) is 11.8 Å². The summed E-state index contributed by atoms with van der Waals surface area (Å²) in [5.41, 5.74) is 1.26. The Labute approximate surface area is 70.4 Å². The first-order chi connectivity index (χ1) is 5.88. The molecule has 3 heteroatoms. The molecule has 0 aliphatic heterocycles. The summed E-state index contributed by atoms with van der Waals surface area (Å²) in [6.07, 6.45) is 1.86. The highest BCUT2D eigenvalue weighted by Crippen LogP contribution is 2.18. The molecular formula is C9H9NO2. The first-order valence-electron chi connectivity index (χ1n) is 3.73. The molecule has 0 atom stereocenters. The third kappa shape index (κ3) is 1.99. The molecule has 0 N–H and O–H groups in total. The predicted molar refractivity (Wildman–Crippen MR) is 46.3 cm³/mol. The second-order valence-corrected chi connectivity index (χ2v) is 2.43. The zero-order valence-electron chi connectivity index (χ0n) is 6.56. The number of aryl methyl sites for hydroxylation is 1. The van der Waals surface area contributed by atoms with Crippen molar-refractivity contribution in [1.82, 2.24) is 0 Å². The lowest BCUT2D eigenvalue weighted by atomic mass is 10.1. The van der Waals surface area contributed by atoms with Crippen LogP contribution in [-0.2, 0) is 11.2 Å². The average molecular weight is 163 g/mol. The van der Waals surface area contributed by atoms with Crippen molar-refractivity contribution in [2.75, 3.05) is 0 Å². The molecule has 0 saturated heterocycles. The predicted octanol–water partition coefficient (Wildman–Crippen LogP) is 2.22. The second-order valence-electron chi connectivity index (χ2n) is 2.43. The molecule has 0 aliphatic rings. The minimum absolute atomic E-state index is 0.430. The lowest BCUT2D eigenvalue weighted by Crippen LogP contribution is -1.85. The van der Waals surface area contributed by atoms with Crippen molar-refractivity contribution in [2.45, 2.75) is 12.8 Å². The van der Waals surface area contributed by atoms with Crippen LogP contribution in [0.1, 0.15) is 12.0 Å². The van der Waals surface area contributed by atoms with Gasteiger partial charge in [0.05, 0.1) is 0 Å². The number of nitroso groups, excluding NO2 is 1. The van der Waals surface area contributed by atoms with Gasteiger partial charge in [-0.3, -0.25) is 0 Å². The van der Waals surface area contributed by atoms with E-state index in [1.165, 1.54) is 0 Å². The minimum atomic E-state index is 0.430. The molecule has 1 aromatic rings. The molecule has 1 rings (SSSR count). The summed E-state index contributed by atoms with van der Waals surface area (Å²) in [5.74, 6) is 0. The molecule has 0 fully saturated rings. The van der Waals surface area contributed by atoms with Crippen LogP contribution in [0.15, 0.2) is 29.4 Å². The first-order valence-corrected chi connectivity index (χ1v) is 3.73. The van der Waals surface area contributed by atoms with Crippen LogP contribution in [0, 0.1) is 4.91 Å². The highest BCUT2D eigenvalue weighted by Gasteiger charge is 1.99. The van der Waals surface area contributed by atoms with Crippen molar-refractivity contribution in [3.8, 4) is 0 Å². The molecule has 0 amide bonds. The van der Waals surface area contributed by atoms with E-state index in [1.54, 1.807) is 18.2 Å². The molecule has 0 aromatic heterocycles. The van der Waals surface area contributed by atoms with Gasteiger partial charge in [-0.25, -0.2) is 0 Å². The maximum Gasteiger partial charge on any atom is 0.120 e. The van der Waals surface area contributed by atoms with E-state index >= 15 is 0 Å². The maximum absolute atomic E-state index is 10.3. The van der Waals surface area contributed by atoms with E-state index in [1.807, 2.05) is 6.07 Å². The van der Waals surface area contributed by atoms with E-state index < -0.39 is 0 Å². The quantitative estimate of drug-likeness (QED) is 0.504. The highest BCUT2D eigenvalue weighted by atomic mass is 16.3.